The minimum Gasteiger partial charge on any atom is -0.497 e. The standard InChI is InChI=1S/C29H30N2O2/c1-19(2)17-21-9-11-23(12-10-21)28-18-26(25-7-5-6-8-27(25)31-28)29(32)30-20(3)22-13-15-24(33-4)16-14-22/h5-16,18-20H,17H2,1-4H3,(H,30,32)/t20-/m0/s1. The van der Waals surface area contributed by atoms with Crippen molar-refractivity contribution in [1.29, 1.82) is 0 Å². The number of rotatable bonds is 7. The van der Waals surface area contributed by atoms with Crippen LogP contribution in [0.5, 0.6) is 5.75 Å². The lowest BCUT2D eigenvalue weighted by Gasteiger charge is -2.16. The summed E-state index contributed by atoms with van der Waals surface area (Å²) in [5, 5.41) is 3.99. The Bertz CT molecular complexity index is 1250. The van der Waals surface area contributed by atoms with Crippen molar-refractivity contribution in [3.8, 4) is 17.0 Å². The number of pyridine rings is 1. The number of ether oxygens (including phenoxy) is 1. The quantitative estimate of drug-likeness (QED) is 0.354. The molecule has 0 aliphatic carbocycles. The molecular formula is C29H30N2O2. The van der Waals surface area contributed by atoms with Crippen LogP contribution in [0.2, 0.25) is 0 Å². The molecule has 168 valence electrons. The fraction of sp³-hybridized carbons (Fsp3) is 0.241. The van der Waals surface area contributed by atoms with E-state index in [-0.39, 0.29) is 11.9 Å². The predicted molar refractivity (Wildman–Crippen MR) is 135 cm³/mol. The number of hydrogen-bond acceptors (Lipinski definition) is 3. The van der Waals surface area contributed by atoms with Gasteiger partial charge in [-0.2, -0.15) is 0 Å². The summed E-state index contributed by atoms with van der Waals surface area (Å²) >= 11 is 0. The van der Waals surface area contributed by atoms with Gasteiger partial charge in [-0.15, -0.1) is 0 Å². The summed E-state index contributed by atoms with van der Waals surface area (Å²) in [4.78, 5) is 18.2. The van der Waals surface area contributed by atoms with E-state index in [9.17, 15) is 4.79 Å². The minimum atomic E-state index is -0.144. The molecule has 0 bridgehead atoms. The molecule has 1 amide bonds. The average molecular weight is 439 g/mol. The highest BCUT2D eigenvalue weighted by atomic mass is 16.5. The maximum Gasteiger partial charge on any atom is 0.252 e. The van der Waals surface area contributed by atoms with Gasteiger partial charge in [0, 0.05) is 10.9 Å². The van der Waals surface area contributed by atoms with Crippen LogP contribution >= 0.6 is 0 Å². The first-order valence-electron chi connectivity index (χ1n) is 11.4. The predicted octanol–water partition coefficient (Wildman–Crippen LogP) is 6.60. The number of amides is 1. The van der Waals surface area contributed by atoms with Crippen LogP contribution in [0.25, 0.3) is 22.2 Å². The van der Waals surface area contributed by atoms with Crippen LogP contribution in [-0.4, -0.2) is 18.0 Å². The maximum atomic E-state index is 13.4. The number of carbonyl (C=O) groups is 1. The summed E-state index contributed by atoms with van der Waals surface area (Å²) in [5.41, 5.74) is 5.56. The van der Waals surface area contributed by atoms with Crippen LogP contribution in [0, 0.1) is 5.92 Å². The molecule has 4 heteroatoms. The SMILES string of the molecule is COc1ccc([C@H](C)NC(=O)c2cc(-c3ccc(CC(C)C)cc3)nc3ccccc23)cc1. The zero-order valence-electron chi connectivity index (χ0n) is 19.6. The van der Waals surface area contributed by atoms with Gasteiger partial charge < -0.3 is 10.1 Å². The molecule has 1 N–H and O–H groups in total. The molecule has 3 aromatic carbocycles. The Morgan fingerprint density at radius 1 is 0.939 bits per heavy atom. The molecule has 1 atom stereocenters. The Kier molecular flexibility index (Phi) is 6.74. The lowest BCUT2D eigenvalue weighted by Crippen LogP contribution is -2.27. The van der Waals surface area contributed by atoms with Gasteiger partial charge in [0.1, 0.15) is 5.75 Å². The topological polar surface area (TPSA) is 51.2 Å². The fourth-order valence-electron chi connectivity index (χ4n) is 4.04. The summed E-state index contributed by atoms with van der Waals surface area (Å²) in [6, 6.07) is 25.8. The van der Waals surface area contributed by atoms with Crippen LogP contribution in [0.1, 0.15) is 48.3 Å². The number of methoxy groups -OCH3 is 1. The number of benzene rings is 3. The van der Waals surface area contributed by atoms with Crippen molar-refractivity contribution < 1.29 is 9.53 Å². The van der Waals surface area contributed by atoms with Crippen LogP contribution in [0.15, 0.2) is 78.9 Å². The van der Waals surface area contributed by atoms with E-state index in [2.05, 4.69) is 43.4 Å². The molecule has 0 fully saturated rings. The Balaban J connectivity index is 1.65. The highest BCUT2D eigenvalue weighted by Crippen LogP contribution is 2.26. The van der Waals surface area contributed by atoms with Gasteiger partial charge in [-0.3, -0.25) is 4.79 Å². The van der Waals surface area contributed by atoms with E-state index in [0.29, 0.717) is 11.5 Å². The van der Waals surface area contributed by atoms with Gasteiger partial charge in [0.05, 0.1) is 29.9 Å². The van der Waals surface area contributed by atoms with Crippen LogP contribution in [0.3, 0.4) is 0 Å². The van der Waals surface area contributed by atoms with Crippen molar-refractivity contribution in [3.63, 3.8) is 0 Å². The second-order valence-corrected chi connectivity index (χ2v) is 8.84. The average Bonchev–Trinajstić information content (AvgIpc) is 2.83. The van der Waals surface area contributed by atoms with E-state index in [1.165, 1.54) is 5.56 Å². The zero-order valence-corrected chi connectivity index (χ0v) is 19.6. The van der Waals surface area contributed by atoms with Crippen molar-refractivity contribution in [3.05, 3.63) is 95.6 Å². The molecule has 1 aromatic heterocycles. The largest absolute Gasteiger partial charge is 0.497 e. The number of aromatic nitrogens is 1. The third-order valence-corrected chi connectivity index (χ3v) is 5.82. The van der Waals surface area contributed by atoms with E-state index in [1.807, 2.05) is 61.5 Å². The summed E-state index contributed by atoms with van der Waals surface area (Å²) in [6.45, 7) is 6.42. The molecule has 0 radical (unpaired) electrons. The monoisotopic (exact) mass is 438 g/mol. The molecule has 0 spiro atoms. The van der Waals surface area contributed by atoms with Crippen molar-refractivity contribution in [1.82, 2.24) is 10.3 Å². The van der Waals surface area contributed by atoms with E-state index in [4.69, 9.17) is 9.72 Å². The van der Waals surface area contributed by atoms with Gasteiger partial charge in [-0.05, 0) is 54.7 Å². The lowest BCUT2D eigenvalue weighted by molar-refractivity contribution is 0.0941. The molecule has 4 aromatic rings. The van der Waals surface area contributed by atoms with Crippen molar-refractivity contribution in [2.45, 2.75) is 33.2 Å². The summed E-state index contributed by atoms with van der Waals surface area (Å²) in [5.74, 6) is 1.29. The van der Waals surface area contributed by atoms with Gasteiger partial charge in [-0.1, -0.05) is 68.4 Å². The Morgan fingerprint density at radius 3 is 2.30 bits per heavy atom. The third kappa shape index (κ3) is 5.23. The van der Waals surface area contributed by atoms with Crippen LogP contribution < -0.4 is 10.1 Å². The molecule has 1 heterocycles. The molecule has 0 saturated heterocycles. The van der Waals surface area contributed by atoms with Crippen molar-refractivity contribution in [2.75, 3.05) is 7.11 Å². The van der Waals surface area contributed by atoms with Gasteiger partial charge in [0.15, 0.2) is 0 Å². The first-order valence-corrected chi connectivity index (χ1v) is 11.4. The summed E-state index contributed by atoms with van der Waals surface area (Å²) < 4.78 is 5.23. The number of para-hydroxylation sites is 1. The summed E-state index contributed by atoms with van der Waals surface area (Å²) in [7, 11) is 1.64. The second-order valence-electron chi connectivity index (χ2n) is 8.84. The Hall–Kier alpha value is -3.66. The fourth-order valence-corrected chi connectivity index (χ4v) is 4.04. The Morgan fingerprint density at radius 2 is 1.64 bits per heavy atom. The first kappa shape index (κ1) is 22.5. The van der Waals surface area contributed by atoms with Crippen molar-refractivity contribution >= 4 is 16.8 Å². The second kappa shape index (κ2) is 9.86. The number of nitrogens with zero attached hydrogens (tertiary/aromatic N) is 1. The number of nitrogens with one attached hydrogen (secondary N) is 1. The van der Waals surface area contributed by atoms with Gasteiger partial charge in [-0.25, -0.2) is 4.98 Å². The van der Waals surface area contributed by atoms with Gasteiger partial charge in [0.25, 0.3) is 5.91 Å². The maximum absolute atomic E-state index is 13.4. The van der Waals surface area contributed by atoms with Gasteiger partial charge >= 0.3 is 0 Å². The van der Waals surface area contributed by atoms with E-state index < -0.39 is 0 Å². The molecule has 0 aliphatic rings. The first-order chi connectivity index (χ1) is 15.9. The number of carbonyl (C=O) groups excluding carboxylic acids is 1. The molecule has 4 nitrogen and oxygen atoms in total. The molecule has 0 saturated carbocycles. The van der Waals surface area contributed by atoms with E-state index in [1.54, 1.807) is 7.11 Å². The number of fused-ring (bicyclic) bond motifs is 1. The molecule has 0 unspecified atom stereocenters. The lowest BCUT2D eigenvalue weighted by atomic mass is 9.99. The minimum absolute atomic E-state index is 0.116. The van der Waals surface area contributed by atoms with Crippen molar-refractivity contribution in [2.24, 2.45) is 5.92 Å². The van der Waals surface area contributed by atoms with Gasteiger partial charge in [0.2, 0.25) is 0 Å². The third-order valence-electron chi connectivity index (χ3n) is 5.82. The molecule has 4 rings (SSSR count). The Labute approximate surface area is 195 Å². The van der Waals surface area contributed by atoms with E-state index >= 15 is 0 Å². The highest BCUT2D eigenvalue weighted by Gasteiger charge is 2.17. The zero-order chi connectivity index (χ0) is 23.4. The van der Waals surface area contributed by atoms with Crippen LogP contribution in [-0.2, 0) is 6.42 Å². The summed E-state index contributed by atoms with van der Waals surface area (Å²) in [6.07, 6.45) is 1.04. The smallest absolute Gasteiger partial charge is 0.252 e. The molecule has 0 aliphatic heterocycles. The number of hydrogen-bond donors (Lipinski definition) is 1. The molecular weight excluding hydrogens is 408 g/mol. The van der Waals surface area contributed by atoms with E-state index in [0.717, 1.165) is 39.9 Å². The normalized spacial score (nSPS) is 12.0. The van der Waals surface area contributed by atoms with Crippen LogP contribution in [0.4, 0.5) is 0 Å². The highest BCUT2D eigenvalue weighted by molar-refractivity contribution is 6.07. The molecule has 33 heavy (non-hydrogen) atoms.